The van der Waals surface area contributed by atoms with Crippen molar-refractivity contribution in [3.8, 4) is 0 Å². The maximum Gasteiger partial charge on any atom is 0.244 e. The molecule has 2 N–H and O–H groups in total. The Hall–Kier alpha value is -1.60. The first-order valence-electron chi connectivity index (χ1n) is 9.09. The number of nitrogens with zero attached hydrogens (tertiary/aromatic N) is 2. The Morgan fingerprint density at radius 2 is 2.36 bits per heavy atom. The minimum atomic E-state index is -0.136. The van der Waals surface area contributed by atoms with Gasteiger partial charge >= 0.3 is 0 Å². The highest BCUT2D eigenvalue weighted by Gasteiger charge is 2.29. The van der Waals surface area contributed by atoms with Gasteiger partial charge in [-0.1, -0.05) is 0 Å². The molecule has 2 aliphatic rings. The zero-order chi connectivity index (χ0) is 17.7. The normalized spacial score (nSPS) is 23.4. The maximum absolute atomic E-state index is 12.5. The van der Waals surface area contributed by atoms with Gasteiger partial charge in [0, 0.05) is 37.7 Å². The summed E-state index contributed by atoms with van der Waals surface area (Å²) in [6.07, 6.45) is 3.11. The SMILES string of the molecule is CCNC(=NCC(=O)N1CCc2sccc2C1)NCC1(C)CCCO1. The van der Waals surface area contributed by atoms with Crippen LogP contribution >= 0.6 is 11.3 Å². The van der Waals surface area contributed by atoms with E-state index >= 15 is 0 Å². The van der Waals surface area contributed by atoms with Crippen LogP contribution in [0.15, 0.2) is 16.4 Å². The lowest BCUT2D eigenvalue weighted by Crippen LogP contribution is -2.46. The first-order valence-corrected chi connectivity index (χ1v) is 9.97. The third kappa shape index (κ3) is 4.73. The lowest BCUT2D eigenvalue weighted by molar-refractivity contribution is -0.130. The summed E-state index contributed by atoms with van der Waals surface area (Å²) in [7, 11) is 0. The molecular formula is C18H28N4O2S. The van der Waals surface area contributed by atoms with Gasteiger partial charge in [0.25, 0.3) is 0 Å². The number of guanidine groups is 1. The molecule has 138 valence electrons. The van der Waals surface area contributed by atoms with Gasteiger partial charge in [0.15, 0.2) is 5.96 Å². The lowest BCUT2D eigenvalue weighted by atomic mass is 10.0. The zero-order valence-corrected chi connectivity index (χ0v) is 16.0. The van der Waals surface area contributed by atoms with Crippen LogP contribution in [0.4, 0.5) is 0 Å². The Morgan fingerprint density at radius 1 is 1.48 bits per heavy atom. The van der Waals surface area contributed by atoms with Crippen molar-refractivity contribution in [2.24, 2.45) is 4.99 Å². The van der Waals surface area contributed by atoms with E-state index in [-0.39, 0.29) is 18.1 Å². The van der Waals surface area contributed by atoms with E-state index in [1.807, 2.05) is 11.8 Å². The van der Waals surface area contributed by atoms with E-state index in [2.05, 4.69) is 34.0 Å². The third-order valence-corrected chi connectivity index (χ3v) is 5.83. The predicted octanol–water partition coefficient (Wildman–Crippen LogP) is 1.76. The molecule has 25 heavy (non-hydrogen) atoms. The van der Waals surface area contributed by atoms with E-state index in [1.54, 1.807) is 11.3 Å². The summed E-state index contributed by atoms with van der Waals surface area (Å²) in [5.74, 6) is 0.762. The molecular weight excluding hydrogens is 336 g/mol. The van der Waals surface area contributed by atoms with Gasteiger partial charge in [0.2, 0.25) is 5.91 Å². The van der Waals surface area contributed by atoms with E-state index in [0.29, 0.717) is 19.0 Å². The molecule has 0 saturated carbocycles. The Morgan fingerprint density at radius 3 is 3.12 bits per heavy atom. The molecule has 1 fully saturated rings. The summed E-state index contributed by atoms with van der Waals surface area (Å²) in [5.41, 5.74) is 1.15. The molecule has 6 nitrogen and oxygen atoms in total. The number of carbonyl (C=O) groups excluding carboxylic acids is 1. The average molecular weight is 365 g/mol. The van der Waals surface area contributed by atoms with Gasteiger partial charge in [-0.25, -0.2) is 4.99 Å². The first-order chi connectivity index (χ1) is 12.1. The molecule has 3 heterocycles. The summed E-state index contributed by atoms with van der Waals surface area (Å²) in [5, 5.41) is 8.63. The highest BCUT2D eigenvalue weighted by atomic mass is 32.1. The van der Waals surface area contributed by atoms with Crippen LogP contribution in [0, 0.1) is 0 Å². The number of nitrogens with one attached hydrogen (secondary N) is 2. The van der Waals surface area contributed by atoms with E-state index in [1.165, 1.54) is 10.4 Å². The van der Waals surface area contributed by atoms with Crippen molar-refractivity contribution < 1.29 is 9.53 Å². The van der Waals surface area contributed by atoms with Gasteiger partial charge in [-0.15, -0.1) is 11.3 Å². The molecule has 7 heteroatoms. The van der Waals surface area contributed by atoms with Crippen molar-refractivity contribution in [3.05, 3.63) is 21.9 Å². The van der Waals surface area contributed by atoms with Crippen molar-refractivity contribution in [1.29, 1.82) is 0 Å². The maximum atomic E-state index is 12.5. The van der Waals surface area contributed by atoms with Crippen LogP contribution in [-0.2, 0) is 22.5 Å². The van der Waals surface area contributed by atoms with Gasteiger partial charge in [-0.3, -0.25) is 4.79 Å². The number of hydrogen-bond acceptors (Lipinski definition) is 4. The summed E-state index contributed by atoms with van der Waals surface area (Å²) >= 11 is 1.78. The molecule has 0 spiro atoms. The molecule has 1 atom stereocenters. The molecule has 1 aromatic rings. The first kappa shape index (κ1) is 18.2. The summed E-state index contributed by atoms with van der Waals surface area (Å²) < 4.78 is 5.80. The second kappa shape index (κ2) is 8.19. The fourth-order valence-electron chi connectivity index (χ4n) is 3.30. The molecule has 1 amide bonds. The number of ether oxygens (including phenoxy) is 1. The van der Waals surface area contributed by atoms with E-state index < -0.39 is 0 Å². The van der Waals surface area contributed by atoms with Crippen LogP contribution in [0.5, 0.6) is 0 Å². The molecule has 0 aromatic carbocycles. The fraction of sp³-hybridized carbons (Fsp3) is 0.667. The fourth-order valence-corrected chi connectivity index (χ4v) is 4.19. The van der Waals surface area contributed by atoms with E-state index in [0.717, 1.165) is 39.0 Å². The van der Waals surface area contributed by atoms with Gasteiger partial charge < -0.3 is 20.3 Å². The molecule has 0 radical (unpaired) electrons. The van der Waals surface area contributed by atoms with Crippen molar-refractivity contribution in [2.75, 3.05) is 32.8 Å². The second-order valence-corrected chi connectivity index (χ2v) is 7.89. The second-order valence-electron chi connectivity index (χ2n) is 6.88. The number of thiophene rings is 1. The van der Waals surface area contributed by atoms with E-state index in [9.17, 15) is 4.79 Å². The van der Waals surface area contributed by atoms with Gasteiger partial charge in [-0.2, -0.15) is 0 Å². The van der Waals surface area contributed by atoms with Crippen LogP contribution in [0.25, 0.3) is 0 Å². The average Bonchev–Trinajstić information content (AvgIpc) is 3.25. The number of aliphatic imine (C=N–C) groups is 1. The monoisotopic (exact) mass is 364 g/mol. The third-order valence-electron chi connectivity index (χ3n) is 4.81. The smallest absolute Gasteiger partial charge is 0.244 e. The lowest BCUT2D eigenvalue weighted by Gasteiger charge is -2.27. The summed E-state index contributed by atoms with van der Waals surface area (Å²) in [4.78, 5) is 20.3. The zero-order valence-electron chi connectivity index (χ0n) is 15.1. The molecule has 0 aliphatic carbocycles. The Balaban J connectivity index is 1.53. The minimum absolute atomic E-state index is 0.0809. The number of fused-ring (bicyclic) bond motifs is 1. The summed E-state index contributed by atoms with van der Waals surface area (Å²) in [6.45, 7) is 8.11. The van der Waals surface area contributed by atoms with E-state index in [4.69, 9.17) is 4.74 Å². The molecule has 1 aromatic heterocycles. The number of amides is 1. The predicted molar refractivity (Wildman–Crippen MR) is 101 cm³/mol. The van der Waals surface area contributed by atoms with Gasteiger partial charge in [-0.05, 0) is 50.1 Å². The highest BCUT2D eigenvalue weighted by Crippen LogP contribution is 2.24. The van der Waals surface area contributed by atoms with Gasteiger partial charge in [0.1, 0.15) is 6.54 Å². The number of rotatable bonds is 5. The van der Waals surface area contributed by atoms with Gasteiger partial charge in [0.05, 0.1) is 5.60 Å². The van der Waals surface area contributed by atoms with Crippen LogP contribution in [0.2, 0.25) is 0 Å². The Kier molecular flexibility index (Phi) is 5.96. The molecule has 1 saturated heterocycles. The van der Waals surface area contributed by atoms with Crippen LogP contribution in [0.3, 0.4) is 0 Å². The van der Waals surface area contributed by atoms with Crippen molar-refractivity contribution in [2.45, 2.75) is 45.3 Å². The quantitative estimate of drug-likeness (QED) is 0.617. The minimum Gasteiger partial charge on any atom is -0.373 e. The standard InChI is InChI=1S/C18H28N4O2S/c1-3-19-17(21-13-18(2)7-4-9-24-18)20-11-16(23)22-8-5-15-14(12-22)6-10-25-15/h6,10H,3-5,7-9,11-13H2,1-2H3,(H2,19,20,21). The number of carbonyl (C=O) groups is 1. The highest BCUT2D eigenvalue weighted by molar-refractivity contribution is 7.10. The van der Waals surface area contributed by atoms with Crippen molar-refractivity contribution >= 4 is 23.2 Å². The number of hydrogen-bond donors (Lipinski definition) is 2. The van der Waals surface area contributed by atoms with Crippen molar-refractivity contribution in [3.63, 3.8) is 0 Å². The van der Waals surface area contributed by atoms with Crippen LogP contribution < -0.4 is 10.6 Å². The molecule has 3 rings (SSSR count). The van der Waals surface area contributed by atoms with Crippen molar-refractivity contribution in [1.82, 2.24) is 15.5 Å². The molecule has 0 bridgehead atoms. The van der Waals surface area contributed by atoms with Crippen LogP contribution in [-0.4, -0.2) is 55.2 Å². The molecule has 1 unspecified atom stereocenters. The summed E-state index contributed by atoms with van der Waals surface area (Å²) in [6, 6.07) is 2.12. The topological polar surface area (TPSA) is 66.0 Å². The largest absolute Gasteiger partial charge is 0.373 e. The van der Waals surface area contributed by atoms with Crippen LogP contribution in [0.1, 0.15) is 37.1 Å². The Labute approximate surface area is 153 Å². The molecule has 2 aliphatic heterocycles. The Bertz CT molecular complexity index is 622.